The van der Waals surface area contributed by atoms with E-state index in [0.717, 1.165) is 38.8 Å². The number of unbranched alkanes of at least 4 members (excludes halogenated alkanes) is 1. The molecule has 0 atom stereocenters. The van der Waals surface area contributed by atoms with E-state index in [4.69, 9.17) is 8.37 Å². The Morgan fingerprint density at radius 3 is 1.63 bits per heavy atom. The van der Waals surface area contributed by atoms with Crippen molar-refractivity contribution < 1.29 is 16.8 Å². The van der Waals surface area contributed by atoms with E-state index in [-0.39, 0.29) is 4.90 Å². The quantitative estimate of drug-likeness (QED) is 0.206. The van der Waals surface area contributed by atoms with Gasteiger partial charge in [-0.2, -0.15) is 8.42 Å². The van der Waals surface area contributed by atoms with Crippen molar-refractivity contribution in [3.05, 3.63) is 115 Å². The predicted molar refractivity (Wildman–Crippen MR) is 142 cm³/mol. The van der Waals surface area contributed by atoms with Gasteiger partial charge in [0.1, 0.15) is 5.75 Å². The fourth-order valence-corrected chi connectivity index (χ4v) is 8.91. The molecule has 0 aliphatic heterocycles. The number of aryl methyl sites for hydroxylation is 1. The van der Waals surface area contributed by atoms with Crippen LogP contribution in [0, 0.1) is 6.92 Å². The van der Waals surface area contributed by atoms with E-state index in [1.54, 1.807) is 24.3 Å². The molecule has 4 nitrogen and oxygen atoms in total. The van der Waals surface area contributed by atoms with Crippen molar-refractivity contribution in [1.82, 2.24) is 0 Å². The maximum Gasteiger partial charge on any atom is 0.307 e. The molecule has 4 aromatic carbocycles. The Hall–Kier alpha value is -3.06. The van der Waals surface area contributed by atoms with E-state index < -0.39 is 20.4 Å². The van der Waals surface area contributed by atoms with Crippen molar-refractivity contribution in [2.24, 2.45) is 0 Å². The normalized spacial score (nSPS) is 12.3. The highest BCUT2D eigenvalue weighted by atomic mass is 32.3. The van der Waals surface area contributed by atoms with Gasteiger partial charge in [-0.1, -0.05) is 67.4 Å². The first-order chi connectivity index (χ1) is 17.0. The molecule has 0 aliphatic rings. The number of ether oxygens (including phenoxy) is 1. The summed E-state index contributed by atoms with van der Waals surface area (Å²) in [7, 11) is -6.74. The van der Waals surface area contributed by atoms with Crippen LogP contribution in [-0.2, 0) is 13.7 Å². The van der Waals surface area contributed by atoms with Gasteiger partial charge in [0.2, 0.25) is 0 Å². The van der Waals surface area contributed by atoms with Crippen molar-refractivity contribution in [1.29, 1.82) is 0 Å². The topological polar surface area (TPSA) is 52.6 Å². The Labute approximate surface area is 210 Å². The minimum atomic E-state index is -4.10. The third-order valence-electron chi connectivity index (χ3n) is 5.57. The van der Waals surface area contributed by atoms with Gasteiger partial charge in [-0.25, -0.2) is 3.63 Å². The lowest BCUT2D eigenvalue weighted by atomic mass is 10.2. The molecule has 0 radical (unpaired) electrons. The van der Waals surface area contributed by atoms with Gasteiger partial charge >= 0.3 is 10.1 Å². The van der Waals surface area contributed by atoms with Crippen molar-refractivity contribution in [2.75, 3.05) is 6.61 Å². The van der Waals surface area contributed by atoms with E-state index in [2.05, 4.69) is 6.92 Å². The molecule has 0 bridgehead atoms. The molecular weight excluding hydrogens is 476 g/mol. The Morgan fingerprint density at radius 1 is 0.629 bits per heavy atom. The predicted octanol–water partition coefficient (Wildman–Crippen LogP) is 7.78. The molecule has 0 fully saturated rings. The maximum absolute atomic E-state index is 13.7. The van der Waals surface area contributed by atoms with Crippen LogP contribution in [0.15, 0.2) is 129 Å². The number of hydrogen-bond donors (Lipinski definition) is 0. The average Bonchev–Trinajstić information content (AvgIpc) is 2.89. The molecule has 182 valence electrons. The van der Waals surface area contributed by atoms with E-state index in [9.17, 15) is 8.42 Å². The molecule has 0 N–H and O–H groups in total. The zero-order chi connectivity index (χ0) is 24.7. The van der Waals surface area contributed by atoms with E-state index in [1.807, 2.05) is 91.9 Å². The SMILES string of the molecule is CCCCOc1ccc(S(OS(=O)(=O)c2ccc(C)cc2)(c2ccccc2)c2ccccc2)cc1. The summed E-state index contributed by atoms with van der Waals surface area (Å²) in [5.74, 6) is 0.748. The molecule has 0 aliphatic carbocycles. The largest absolute Gasteiger partial charge is 0.494 e. The van der Waals surface area contributed by atoms with Gasteiger partial charge in [0.25, 0.3) is 0 Å². The summed E-state index contributed by atoms with van der Waals surface area (Å²) < 4.78 is 39.6. The smallest absolute Gasteiger partial charge is 0.307 e. The second kappa shape index (κ2) is 11.1. The molecule has 4 rings (SSSR count). The Kier molecular flexibility index (Phi) is 7.96. The molecule has 0 aromatic heterocycles. The van der Waals surface area contributed by atoms with Gasteiger partial charge in [-0.15, -0.1) is 0 Å². The van der Waals surface area contributed by atoms with Crippen LogP contribution in [0.2, 0.25) is 0 Å². The first kappa shape index (κ1) is 25.0. The highest BCUT2D eigenvalue weighted by Gasteiger charge is 2.38. The monoisotopic (exact) mass is 506 g/mol. The highest BCUT2D eigenvalue weighted by Crippen LogP contribution is 2.70. The lowest BCUT2D eigenvalue weighted by Crippen LogP contribution is -2.14. The van der Waals surface area contributed by atoms with Crippen molar-refractivity contribution in [3.8, 4) is 5.75 Å². The zero-order valence-electron chi connectivity index (χ0n) is 20.0. The molecule has 0 saturated carbocycles. The summed E-state index contributed by atoms with van der Waals surface area (Å²) in [6.07, 6.45) is 2.03. The van der Waals surface area contributed by atoms with Gasteiger partial charge in [0.05, 0.1) is 11.5 Å². The molecule has 4 aromatic rings. The molecule has 0 spiro atoms. The molecular formula is C29H30O4S2. The van der Waals surface area contributed by atoms with Crippen LogP contribution >= 0.6 is 10.3 Å². The fourth-order valence-electron chi connectivity index (χ4n) is 3.69. The minimum absolute atomic E-state index is 0.131. The third kappa shape index (κ3) is 5.61. The van der Waals surface area contributed by atoms with Gasteiger partial charge in [0, 0.05) is 14.7 Å². The van der Waals surface area contributed by atoms with E-state index in [0.29, 0.717) is 6.61 Å². The average molecular weight is 507 g/mol. The Morgan fingerprint density at radius 2 is 1.11 bits per heavy atom. The number of rotatable bonds is 10. The summed E-state index contributed by atoms with van der Waals surface area (Å²) in [6.45, 7) is 4.68. The minimum Gasteiger partial charge on any atom is -0.494 e. The summed E-state index contributed by atoms with van der Waals surface area (Å²) in [4.78, 5) is 2.49. The Bertz CT molecular complexity index is 1280. The van der Waals surface area contributed by atoms with Crippen LogP contribution in [-0.4, -0.2) is 15.0 Å². The summed E-state index contributed by atoms with van der Waals surface area (Å²) >= 11 is 0. The first-order valence-corrected chi connectivity index (χ1v) is 14.6. The van der Waals surface area contributed by atoms with Gasteiger partial charge < -0.3 is 4.74 Å². The lowest BCUT2D eigenvalue weighted by molar-refractivity contribution is 0.309. The standard InChI is InChI=1S/C29H30O4S2/c1-3-4-23-32-25-17-21-28(22-18-25)34(26-11-7-5-8-12-26,27-13-9-6-10-14-27)33-35(30,31)29-19-15-24(2)16-20-29/h5-22H,3-4,23H2,1-2H3. The van der Waals surface area contributed by atoms with Crippen LogP contribution in [0.25, 0.3) is 0 Å². The van der Waals surface area contributed by atoms with Crippen LogP contribution < -0.4 is 4.74 Å². The zero-order valence-corrected chi connectivity index (χ0v) is 21.6. The maximum atomic E-state index is 13.7. The summed E-state index contributed by atoms with van der Waals surface area (Å²) in [5, 5.41) is 0. The van der Waals surface area contributed by atoms with Gasteiger partial charge in [-0.05, 0) is 84.3 Å². The second-order valence-corrected chi connectivity index (χ2v) is 12.6. The van der Waals surface area contributed by atoms with Crippen LogP contribution in [0.3, 0.4) is 0 Å². The fraction of sp³-hybridized carbons (Fsp3) is 0.172. The molecule has 0 heterocycles. The highest BCUT2D eigenvalue weighted by molar-refractivity contribution is 8.33. The molecule has 0 saturated heterocycles. The van der Waals surface area contributed by atoms with Crippen molar-refractivity contribution in [2.45, 2.75) is 46.3 Å². The number of hydrogen-bond acceptors (Lipinski definition) is 4. The summed E-state index contributed by atoms with van der Waals surface area (Å²) in [5.41, 5.74) is 0.979. The van der Waals surface area contributed by atoms with Crippen LogP contribution in [0.4, 0.5) is 0 Å². The first-order valence-electron chi connectivity index (χ1n) is 11.6. The van der Waals surface area contributed by atoms with Crippen LogP contribution in [0.5, 0.6) is 5.75 Å². The molecule has 0 unspecified atom stereocenters. The van der Waals surface area contributed by atoms with Crippen molar-refractivity contribution in [3.63, 3.8) is 0 Å². The molecule has 35 heavy (non-hydrogen) atoms. The second-order valence-electron chi connectivity index (χ2n) is 8.19. The van der Waals surface area contributed by atoms with Crippen molar-refractivity contribution >= 4 is 20.4 Å². The summed E-state index contributed by atoms with van der Waals surface area (Å²) in [6, 6.07) is 33.5. The van der Waals surface area contributed by atoms with Gasteiger partial charge in [-0.3, -0.25) is 0 Å². The lowest BCUT2D eigenvalue weighted by Gasteiger charge is -2.39. The third-order valence-corrected chi connectivity index (χ3v) is 10.8. The molecule has 0 amide bonds. The molecule has 6 heteroatoms. The Balaban J connectivity index is 1.89. The van der Waals surface area contributed by atoms with E-state index >= 15 is 0 Å². The van der Waals surface area contributed by atoms with Gasteiger partial charge in [0.15, 0.2) is 0 Å². The van der Waals surface area contributed by atoms with Crippen LogP contribution in [0.1, 0.15) is 25.3 Å². The van der Waals surface area contributed by atoms with E-state index in [1.165, 1.54) is 0 Å². The number of benzene rings is 4.